The van der Waals surface area contributed by atoms with Crippen LogP contribution in [-0.2, 0) is 24.3 Å². The lowest BCUT2D eigenvalue weighted by Gasteiger charge is -2.27. The first-order valence-electron chi connectivity index (χ1n) is 12.3. The number of rotatable bonds is 5. The highest BCUT2D eigenvalue weighted by molar-refractivity contribution is 6.10. The third-order valence-corrected chi connectivity index (χ3v) is 6.95. The van der Waals surface area contributed by atoms with Gasteiger partial charge >= 0.3 is 0 Å². The van der Waals surface area contributed by atoms with Gasteiger partial charge in [0.1, 0.15) is 11.6 Å². The van der Waals surface area contributed by atoms with Crippen molar-refractivity contribution >= 4 is 29.3 Å². The summed E-state index contributed by atoms with van der Waals surface area (Å²) < 4.78 is 30.4. The maximum atomic E-state index is 14.4. The van der Waals surface area contributed by atoms with Crippen LogP contribution in [0.15, 0.2) is 41.6 Å². The van der Waals surface area contributed by atoms with E-state index in [9.17, 15) is 18.4 Å². The highest BCUT2D eigenvalue weighted by atomic mass is 19.3. The average Bonchev–Trinajstić information content (AvgIpc) is 3.44. The van der Waals surface area contributed by atoms with E-state index in [-0.39, 0.29) is 35.0 Å². The second-order valence-electron chi connectivity index (χ2n) is 9.44. The molecular formula is C26H28F2N8O2. The van der Waals surface area contributed by atoms with Crippen molar-refractivity contribution in [3.63, 3.8) is 0 Å². The minimum atomic E-state index is -3.11. The summed E-state index contributed by atoms with van der Waals surface area (Å²) in [6.45, 7) is 1.23. The number of benzene rings is 1. The van der Waals surface area contributed by atoms with Gasteiger partial charge in [0.05, 0.1) is 24.0 Å². The van der Waals surface area contributed by atoms with Gasteiger partial charge in [-0.15, -0.1) is 0 Å². The molecule has 0 saturated carbocycles. The quantitative estimate of drug-likeness (QED) is 0.230. The Balaban J connectivity index is 1.67. The number of fused-ring (bicyclic) bond motifs is 1. The summed E-state index contributed by atoms with van der Waals surface area (Å²) in [5, 5.41) is 11.1. The highest BCUT2D eigenvalue weighted by Crippen LogP contribution is 2.39. The van der Waals surface area contributed by atoms with Gasteiger partial charge in [-0.1, -0.05) is 12.1 Å². The zero-order chi connectivity index (χ0) is 27.2. The second kappa shape index (κ2) is 9.51. The first kappa shape index (κ1) is 25.3. The number of carbonyl (C=O) groups is 2. The van der Waals surface area contributed by atoms with Crippen LogP contribution in [0.4, 0.5) is 20.4 Å². The van der Waals surface area contributed by atoms with E-state index in [4.69, 9.17) is 10.8 Å². The van der Waals surface area contributed by atoms with Gasteiger partial charge in [0, 0.05) is 50.7 Å². The number of amidine groups is 1. The van der Waals surface area contributed by atoms with E-state index in [0.29, 0.717) is 41.4 Å². The Labute approximate surface area is 218 Å². The van der Waals surface area contributed by atoms with Gasteiger partial charge in [0.2, 0.25) is 5.91 Å². The molecule has 0 spiro atoms. The monoisotopic (exact) mass is 522 g/mol. The molecular weight excluding hydrogens is 494 g/mol. The number of amides is 2. The van der Waals surface area contributed by atoms with Gasteiger partial charge in [-0.2, -0.15) is 10.2 Å². The molecule has 38 heavy (non-hydrogen) atoms. The van der Waals surface area contributed by atoms with Crippen molar-refractivity contribution in [2.24, 2.45) is 18.0 Å². The third kappa shape index (κ3) is 4.25. The number of aryl methyl sites for hydroxylation is 1. The summed E-state index contributed by atoms with van der Waals surface area (Å²) in [4.78, 5) is 33.9. The predicted molar refractivity (Wildman–Crippen MR) is 139 cm³/mol. The molecule has 0 aliphatic carbocycles. The van der Waals surface area contributed by atoms with E-state index in [0.717, 1.165) is 19.8 Å². The molecule has 0 atom stereocenters. The summed E-state index contributed by atoms with van der Waals surface area (Å²) >= 11 is 0. The SMILES string of the molecule is CN/C(=N\N)c1cnn(C)c1-c1cc(N2CCCCC2=O)nc(N2Cc3c(cccc3C(C)(F)F)C2=O)c1. The Morgan fingerprint density at radius 1 is 1.16 bits per heavy atom. The van der Waals surface area contributed by atoms with Crippen LogP contribution in [0.1, 0.15) is 53.2 Å². The molecule has 1 aromatic carbocycles. The molecule has 3 N–H and O–H groups in total. The van der Waals surface area contributed by atoms with Gasteiger partial charge in [-0.05, 0) is 36.6 Å². The first-order valence-corrected chi connectivity index (χ1v) is 12.3. The highest BCUT2D eigenvalue weighted by Gasteiger charge is 2.37. The van der Waals surface area contributed by atoms with Gasteiger partial charge in [-0.25, -0.2) is 13.8 Å². The number of halogens is 2. The molecule has 2 aliphatic rings. The van der Waals surface area contributed by atoms with Crippen LogP contribution in [0.2, 0.25) is 0 Å². The Bertz CT molecular complexity index is 1460. The molecule has 0 radical (unpaired) electrons. The largest absolute Gasteiger partial charge is 0.371 e. The summed E-state index contributed by atoms with van der Waals surface area (Å²) in [5.74, 6) is 2.98. The minimum Gasteiger partial charge on any atom is -0.371 e. The molecule has 5 rings (SSSR count). The topological polar surface area (TPSA) is 122 Å². The number of aromatic nitrogens is 3. The normalized spacial score (nSPS) is 16.3. The smallest absolute Gasteiger partial charge is 0.270 e. The van der Waals surface area contributed by atoms with Crippen molar-refractivity contribution in [2.45, 2.75) is 38.7 Å². The third-order valence-electron chi connectivity index (χ3n) is 6.95. The van der Waals surface area contributed by atoms with Crippen LogP contribution in [0.25, 0.3) is 11.3 Å². The van der Waals surface area contributed by atoms with Gasteiger partial charge in [0.15, 0.2) is 5.84 Å². The van der Waals surface area contributed by atoms with Crippen LogP contribution in [0.5, 0.6) is 0 Å². The number of pyridine rings is 1. The standard InChI is InChI=1S/C26H28F2N8O2/c1-26(27,28)19-8-6-7-16-18(19)14-36(25(16)38)21-12-15(11-20(32-21)35-10-5-4-9-22(35)37)23-17(13-31-34(23)3)24(30-2)33-29/h6-8,11-13H,4-5,9-10,14,29H2,1-3H3,(H,30,33). The number of hydrazone groups is 1. The number of hydrogen-bond acceptors (Lipinski definition) is 6. The van der Waals surface area contributed by atoms with Gasteiger partial charge < -0.3 is 11.2 Å². The van der Waals surface area contributed by atoms with E-state index >= 15 is 0 Å². The molecule has 1 saturated heterocycles. The van der Waals surface area contributed by atoms with Crippen molar-refractivity contribution < 1.29 is 18.4 Å². The summed E-state index contributed by atoms with van der Waals surface area (Å²) in [6.07, 6.45) is 3.61. The molecule has 4 heterocycles. The van der Waals surface area contributed by atoms with E-state index in [1.807, 2.05) is 0 Å². The van der Waals surface area contributed by atoms with Crippen LogP contribution < -0.4 is 21.0 Å². The zero-order valence-corrected chi connectivity index (χ0v) is 21.3. The van der Waals surface area contributed by atoms with Crippen molar-refractivity contribution in [1.82, 2.24) is 20.1 Å². The fourth-order valence-corrected chi connectivity index (χ4v) is 5.11. The van der Waals surface area contributed by atoms with Crippen molar-refractivity contribution in [3.05, 3.63) is 58.8 Å². The van der Waals surface area contributed by atoms with Gasteiger partial charge in [-0.3, -0.25) is 24.1 Å². The number of piperidine rings is 1. The number of carbonyl (C=O) groups excluding carboxylic acids is 2. The van der Waals surface area contributed by atoms with Crippen LogP contribution in [0.3, 0.4) is 0 Å². The van der Waals surface area contributed by atoms with E-state index in [2.05, 4.69) is 15.5 Å². The minimum absolute atomic E-state index is 0.0676. The maximum Gasteiger partial charge on any atom is 0.270 e. The molecule has 3 aromatic rings. The van der Waals surface area contributed by atoms with E-state index < -0.39 is 11.8 Å². The fraction of sp³-hybridized carbons (Fsp3) is 0.346. The molecule has 198 valence electrons. The molecule has 0 bridgehead atoms. The maximum absolute atomic E-state index is 14.4. The van der Waals surface area contributed by atoms with Crippen molar-refractivity contribution in [2.75, 3.05) is 23.4 Å². The Morgan fingerprint density at radius 3 is 2.55 bits per heavy atom. The molecule has 10 nitrogen and oxygen atoms in total. The number of nitrogens with zero attached hydrogens (tertiary/aromatic N) is 6. The number of nitrogens with two attached hydrogens (primary N) is 1. The summed E-state index contributed by atoms with van der Waals surface area (Å²) in [5.41, 5.74) is 2.12. The predicted octanol–water partition coefficient (Wildman–Crippen LogP) is 3.11. The molecule has 2 aliphatic heterocycles. The summed E-state index contributed by atoms with van der Waals surface area (Å²) in [6, 6.07) is 7.79. The molecule has 12 heteroatoms. The van der Waals surface area contributed by atoms with Crippen LogP contribution >= 0.6 is 0 Å². The second-order valence-corrected chi connectivity index (χ2v) is 9.44. The number of hydrogen-bond donors (Lipinski definition) is 2. The Kier molecular flexibility index (Phi) is 6.33. The van der Waals surface area contributed by atoms with E-state index in [1.54, 1.807) is 48.1 Å². The lowest BCUT2D eigenvalue weighted by atomic mass is 9.99. The lowest BCUT2D eigenvalue weighted by Crippen LogP contribution is -2.36. The van der Waals surface area contributed by atoms with Crippen LogP contribution in [-0.4, -0.2) is 46.0 Å². The molecule has 2 aromatic heterocycles. The Hall–Kier alpha value is -4.35. The lowest BCUT2D eigenvalue weighted by molar-refractivity contribution is -0.119. The van der Waals surface area contributed by atoms with E-state index in [1.165, 1.54) is 17.0 Å². The average molecular weight is 523 g/mol. The number of alkyl halides is 2. The fourth-order valence-electron chi connectivity index (χ4n) is 5.11. The molecule has 1 fully saturated rings. The van der Waals surface area contributed by atoms with Crippen molar-refractivity contribution in [3.8, 4) is 11.3 Å². The van der Waals surface area contributed by atoms with Crippen LogP contribution in [0, 0.1) is 0 Å². The molecule has 2 amide bonds. The first-order chi connectivity index (χ1) is 18.1. The zero-order valence-electron chi connectivity index (χ0n) is 21.3. The number of anilines is 2. The Morgan fingerprint density at radius 2 is 1.89 bits per heavy atom. The number of nitrogens with one attached hydrogen (secondary N) is 1. The summed E-state index contributed by atoms with van der Waals surface area (Å²) in [7, 11) is 3.43. The van der Waals surface area contributed by atoms with Gasteiger partial charge in [0.25, 0.3) is 11.8 Å². The molecule has 0 unspecified atom stereocenters. The van der Waals surface area contributed by atoms with Crippen molar-refractivity contribution in [1.29, 1.82) is 0 Å².